The molecule has 1 aromatic heterocycles. The van der Waals surface area contributed by atoms with E-state index in [1.54, 1.807) is 14.0 Å². The number of anilines is 1. The first-order valence-electron chi connectivity index (χ1n) is 11.7. The SMILES string of the molecule is CCOC(=O)C1Cc2c(ccc(OC)c2OCc2ccccc2)CN1c1nc2ccc(C)cc2o1. The number of benzene rings is 3. The molecule has 7 heteroatoms. The predicted molar refractivity (Wildman–Crippen MR) is 133 cm³/mol. The van der Waals surface area contributed by atoms with Crippen molar-refractivity contribution in [2.75, 3.05) is 18.6 Å². The van der Waals surface area contributed by atoms with Crippen LogP contribution in [0.3, 0.4) is 0 Å². The van der Waals surface area contributed by atoms with Gasteiger partial charge in [0.15, 0.2) is 17.1 Å². The maximum Gasteiger partial charge on any atom is 0.329 e. The number of methoxy groups -OCH3 is 1. The van der Waals surface area contributed by atoms with E-state index in [2.05, 4.69) is 4.98 Å². The van der Waals surface area contributed by atoms with Crippen LogP contribution in [0.2, 0.25) is 0 Å². The molecule has 5 rings (SSSR count). The normalized spacial score (nSPS) is 15.1. The van der Waals surface area contributed by atoms with Gasteiger partial charge in [-0.25, -0.2) is 4.79 Å². The molecule has 1 atom stereocenters. The predicted octanol–water partition coefficient (Wildman–Crippen LogP) is 5.22. The Morgan fingerprint density at radius 3 is 2.74 bits per heavy atom. The van der Waals surface area contributed by atoms with Crippen molar-refractivity contribution in [2.45, 2.75) is 39.5 Å². The van der Waals surface area contributed by atoms with Gasteiger partial charge < -0.3 is 23.5 Å². The van der Waals surface area contributed by atoms with Crippen molar-refractivity contribution in [2.24, 2.45) is 0 Å². The monoisotopic (exact) mass is 472 g/mol. The molecule has 1 aliphatic heterocycles. The lowest BCUT2D eigenvalue weighted by molar-refractivity contribution is -0.145. The van der Waals surface area contributed by atoms with Gasteiger partial charge in [0.05, 0.1) is 13.7 Å². The van der Waals surface area contributed by atoms with E-state index in [0.717, 1.165) is 27.8 Å². The first kappa shape index (κ1) is 22.8. The van der Waals surface area contributed by atoms with Gasteiger partial charge in [-0.3, -0.25) is 0 Å². The lowest BCUT2D eigenvalue weighted by Crippen LogP contribution is -2.47. The van der Waals surface area contributed by atoms with Crippen LogP contribution >= 0.6 is 0 Å². The summed E-state index contributed by atoms with van der Waals surface area (Å²) in [5.74, 6) is 0.956. The minimum atomic E-state index is -0.609. The molecule has 180 valence electrons. The summed E-state index contributed by atoms with van der Waals surface area (Å²) in [7, 11) is 1.62. The van der Waals surface area contributed by atoms with Crippen LogP contribution in [-0.4, -0.2) is 30.7 Å². The minimum Gasteiger partial charge on any atom is -0.493 e. The maximum atomic E-state index is 13.1. The molecule has 35 heavy (non-hydrogen) atoms. The minimum absolute atomic E-state index is 0.290. The fraction of sp³-hybridized carbons (Fsp3) is 0.286. The van der Waals surface area contributed by atoms with E-state index in [-0.39, 0.29) is 12.6 Å². The number of fused-ring (bicyclic) bond motifs is 2. The standard InChI is InChI=1S/C28H28N2O5/c1-4-33-27(31)23-15-21-20(16-30(23)28-29-22-12-10-18(2)14-25(22)35-28)11-13-24(32-3)26(21)34-17-19-8-6-5-7-9-19/h5-14,23H,4,15-17H2,1-3H3. The number of aryl methyl sites for hydroxylation is 1. The number of esters is 1. The van der Waals surface area contributed by atoms with Crippen molar-refractivity contribution in [1.29, 1.82) is 0 Å². The van der Waals surface area contributed by atoms with E-state index in [1.807, 2.05) is 72.5 Å². The van der Waals surface area contributed by atoms with Crippen molar-refractivity contribution in [3.8, 4) is 11.5 Å². The third-order valence-electron chi connectivity index (χ3n) is 6.22. The zero-order valence-corrected chi connectivity index (χ0v) is 20.1. The van der Waals surface area contributed by atoms with Crippen LogP contribution in [0.15, 0.2) is 65.1 Å². The van der Waals surface area contributed by atoms with Crippen LogP contribution in [0, 0.1) is 6.92 Å². The van der Waals surface area contributed by atoms with E-state index in [4.69, 9.17) is 18.6 Å². The van der Waals surface area contributed by atoms with Crippen LogP contribution in [0.4, 0.5) is 6.01 Å². The summed E-state index contributed by atoms with van der Waals surface area (Å²) in [6, 6.07) is 19.5. The van der Waals surface area contributed by atoms with Crippen molar-refractivity contribution in [1.82, 2.24) is 4.98 Å². The average Bonchev–Trinajstić information content (AvgIpc) is 3.30. The van der Waals surface area contributed by atoms with Crippen LogP contribution < -0.4 is 14.4 Å². The molecule has 0 radical (unpaired) electrons. The molecule has 0 N–H and O–H groups in total. The zero-order chi connectivity index (χ0) is 24.4. The number of oxazole rings is 1. The number of hydrogen-bond acceptors (Lipinski definition) is 7. The number of hydrogen-bond donors (Lipinski definition) is 0. The molecule has 0 amide bonds. The Morgan fingerprint density at radius 2 is 1.97 bits per heavy atom. The van der Waals surface area contributed by atoms with Gasteiger partial charge in [-0.15, -0.1) is 0 Å². The molecular weight excluding hydrogens is 444 g/mol. The van der Waals surface area contributed by atoms with Gasteiger partial charge in [-0.2, -0.15) is 4.98 Å². The number of carbonyl (C=O) groups is 1. The van der Waals surface area contributed by atoms with Gasteiger partial charge in [0.2, 0.25) is 0 Å². The second-order valence-electron chi connectivity index (χ2n) is 8.58. The molecule has 0 fully saturated rings. The molecule has 0 aliphatic carbocycles. The van der Waals surface area contributed by atoms with E-state index in [1.165, 1.54) is 0 Å². The van der Waals surface area contributed by atoms with Crippen LogP contribution in [0.25, 0.3) is 11.1 Å². The number of rotatable bonds is 7. The third-order valence-corrected chi connectivity index (χ3v) is 6.22. The lowest BCUT2D eigenvalue weighted by Gasteiger charge is -2.35. The molecule has 0 bridgehead atoms. The largest absolute Gasteiger partial charge is 0.493 e. The van der Waals surface area contributed by atoms with Crippen LogP contribution in [0.1, 0.15) is 29.2 Å². The molecule has 1 aliphatic rings. The average molecular weight is 473 g/mol. The quantitative estimate of drug-likeness (QED) is 0.342. The Balaban J connectivity index is 1.53. The molecule has 0 spiro atoms. The van der Waals surface area contributed by atoms with Gasteiger partial charge in [0.1, 0.15) is 18.2 Å². The van der Waals surface area contributed by atoms with Gasteiger partial charge in [0.25, 0.3) is 6.01 Å². The topological polar surface area (TPSA) is 74.0 Å². The Bertz CT molecular complexity index is 1350. The number of nitrogens with zero attached hydrogens (tertiary/aromatic N) is 2. The maximum absolute atomic E-state index is 13.1. The summed E-state index contributed by atoms with van der Waals surface area (Å²) in [6.07, 6.45) is 0.382. The van der Waals surface area contributed by atoms with E-state index < -0.39 is 6.04 Å². The fourth-order valence-electron chi connectivity index (χ4n) is 4.46. The highest BCUT2D eigenvalue weighted by Gasteiger charge is 2.37. The van der Waals surface area contributed by atoms with Gasteiger partial charge >= 0.3 is 5.97 Å². The second-order valence-corrected chi connectivity index (χ2v) is 8.58. The fourth-order valence-corrected chi connectivity index (χ4v) is 4.46. The highest BCUT2D eigenvalue weighted by atomic mass is 16.5. The van der Waals surface area contributed by atoms with Crippen molar-refractivity contribution < 1.29 is 23.4 Å². The molecule has 3 aromatic carbocycles. The van der Waals surface area contributed by atoms with Crippen molar-refractivity contribution in [3.05, 3.63) is 82.9 Å². The van der Waals surface area contributed by atoms with Crippen LogP contribution in [0.5, 0.6) is 11.5 Å². The van der Waals surface area contributed by atoms with Crippen molar-refractivity contribution in [3.63, 3.8) is 0 Å². The Labute approximate surface area is 204 Å². The summed E-state index contributed by atoms with van der Waals surface area (Å²) in [5, 5.41) is 0. The number of ether oxygens (including phenoxy) is 3. The van der Waals surface area contributed by atoms with E-state index in [0.29, 0.717) is 42.7 Å². The Kier molecular flexibility index (Phi) is 6.31. The Morgan fingerprint density at radius 1 is 1.14 bits per heavy atom. The first-order chi connectivity index (χ1) is 17.1. The molecule has 0 saturated heterocycles. The van der Waals surface area contributed by atoms with Gasteiger partial charge in [0, 0.05) is 18.5 Å². The Hall–Kier alpha value is -4.00. The summed E-state index contributed by atoms with van der Waals surface area (Å²) in [6.45, 7) is 4.92. The van der Waals surface area contributed by atoms with Crippen LogP contribution in [-0.2, 0) is 29.1 Å². The summed E-state index contributed by atoms with van der Waals surface area (Å²) < 4.78 is 23.4. The number of aromatic nitrogens is 1. The molecular formula is C28H28N2O5. The molecule has 1 unspecified atom stereocenters. The van der Waals surface area contributed by atoms with Gasteiger partial charge in [-0.05, 0) is 48.7 Å². The first-order valence-corrected chi connectivity index (χ1v) is 11.7. The zero-order valence-electron chi connectivity index (χ0n) is 20.1. The molecule has 7 nitrogen and oxygen atoms in total. The highest BCUT2D eigenvalue weighted by molar-refractivity contribution is 5.82. The molecule has 4 aromatic rings. The van der Waals surface area contributed by atoms with E-state index >= 15 is 0 Å². The second kappa shape index (κ2) is 9.70. The summed E-state index contributed by atoms with van der Waals surface area (Å²) in [5.41, 5.74) is 5.52. The smallest absolute Gasteiger partial charge is 0.329 e. The number of carbonyl (C=O) groups excluding carboxylic acids is 1. The third kappa shape index (κ3) is 4.54. The van der Waals surface area contributed by atoms with Gasteiger partial charge in [-0.1, -0.05) is 42.5 Å². The highest BCUT2D eigenvalue weighted by Crippen LogP contribution is 2.40. The lowest BCUT2D eigenvalue weighted by atomic mass is 9.92. The molecule has 2 heterocycles. The van der Waals surface area contributed by atoms with Crippen molar-refractivity contribution >= 4 is 23.1 Å². The molecule has 0 saturated carbocycles. The van der Waals surface area contributed by atoms with E-state index in [9.17, 15) is 4.79 Å². The summed E-state index contributed by atoms with van der Waals surface area (Å²) in [4.78, 5) is 19.6. The summed E-state index contributed by atoms with van der Waals surface area (Å²) >= 11 is 0.